The van der Waals surface area contributed by atoms with Crippen molar-refractivity contribution < 1.29 is 9.50 Å². The van der Waals surface area contributed by atoms with Crippen molar-refractivity contribution in [2.75, 3.05) is 11.9 Å². The lowest BCUT2D eigenvalue weighted by atomic mass is 10.0. The van der Waals surface area contributed by atoms with E-state index in [-0.39, 0.29) is 29.3 Å². The number of hydrogen-bond acceptors (Lipinski definition) is 4. The zero-order valence-electron chi connectivity index (χ0n) is 13.3. The van der Waals surface area contributed by atoms with Crippen molar-refractivity contribution >= 4 is 5.69 Å². The lowest BCUT2D eigenvalue weighted by Crippen LogP contribution is -2.38. The smallest absolute Gasteiger partial charge is 0.148 e. The van der Waals surface area contributed by atoms with Crippen LogP contribution in [-0.2, 0) is 0 Å². The summed E-state index contributed by atoms with van der Waals surface area (Å²) in [6.45, 7) is 9.94. The van der Waals surface area contributed by atoms with Crippen LogP contribution < -0.4 is 10.6 Å². The van der Waals surface area contributed by atoms with Crippen LogP contribution in [0.3, 0.4) is 0 Å². The number of rotatable bonds is 5. The monoisotopic (exact) mass is 293 g/mol. The summed E-state index contributed by atoms with van der Waals surface area (Å²) in [5.74, 6) is -0.661. The number of nitrogens with one attached hydrogen (secondary N) is 2. The van der Waals surface area contributed by atoms with E-state index in [1.165, 1.54) is 6.07 Å². The molecule has 0 aliphatic carbocycles. The highest BCUT2D eigenvalue weighted by Crippen LogP contribution is 2.26. The van der Waals surface area contributed by atoms with E-state index in [2.05, 4.69) is 10.6 Å². The van der Waals surface area contributed by atoms with Gasteiger partial charge in [0.2, 0.25) is 0 Å². The molecule has 1 unspecified atom stereocenters. The zero-order chi connectivity index (χ0) is 16.2. The molecular formula is C16H24FN3O. The quantitative estimate of drug-likeness (QED) is 0.781. The van der Waals surface area contributed by atoms with Gasteiger partial charge in [0.05, 0.1) is 11.8 Å². The second-order valence-electron chi connectivity index (χ2n) is 6.45. The highest BCUT2D eigenvalue weighted by Gasteiger charge is 2.20. The van der Waals surface area contributed by atoms with Gasteiger partial charge in [-0.25, -0.2) is 4.39 Å². The molecule has 1 aromatic carbocycles. The highest BCUT2D eigenvalue weighted by atomic mass is 19.1. The normalized spacial score (nSPS) is 13.1. The maximum absolute atomic E-state index is 14.4. The molecule has 1 atom stereocenters. The van der Waals surface area contributed by atoms with Crippen molar-refractivity contribution in [1.82, 2.24) is 5.32 Å². The maximum atomic E-state index is 14.4. The first-order valence-electron chi connectivity index (χ1n) is 7.08. The zero-order valence-corrected chi connectivity index (χ0v) is 13.3. The summed E-state index contributed by atoms with van der Waals surface area (Å²) in [5, 5.41) is 25.4. The molecule has 5 heteroatoms. The molecule has 0 bridgehead atoms. The Balaban J connectivity index is 3.02. The number of aliphatic hydroxyl groups is 1. The standard InChI is InChI=1S/C16H24FN3O/c1-10(2)20-13-7-6-11(15(17)12(13)8-18)14(21)9-19-16(3,4)5/h6-7,10,14,19-21H,9H2,1-5H3. The van der Waals surface area contributed by atoms with Gasteiger partial charge in [-0.1, -0.05) is 6.07 Å². The van der Waals surface area contributed by atoms with Crippen LogP contribution in [0, 0.1) is 17.1 Å². The van der Waals surface area contributed by atoms with Gasteiger partial charge >= 0.3 is 0 Å². The molecule has 0 saturated carbocycles. The Labute approximate surface area is 126 Å². The molecule has 0 saturated heterocycles. The molecule has 0 aliphatic heterocycles. The van der Waals surface area contributed by atoms with Crippen LogP contribution in [0.2, 0.25) is 0 Å². The van der Waals surface area contributed by atoms with Gasteiger partial charge in [-0.3, -0.25) is 0 Å². The van der Waals surface area contributed by atoms with Gasteiger partial charge in [-0.15, -0.1) is 0 Å². The lowest BCUT2D eigenvalue weighted by molar-refractivity contribution is 0.159. The number of hydrogen-bond donors (Lipinski definition) is 3. The maximum Gasteiger partial charge on any atom is 0.148 e. The summed E-state index contributed by atoms with van der Waals surface area (Å²) >= 11 is 0. The Morgan fingerprint density at radius 3 is 2.43 bits per heavy atom. The van der Waals surface area contributed by atoms with Crippen LogP contribution >= 0.6 is 0 Å². The molecule has 116 valence electrons. The van der Waals surface area contributed by atoms with Gasteiger partial charge in [-0.2, -0.15) is 5.26 Å². The molecule has 0 fully saturated rings. The molecule has 1 rings (SSSR count). The fourth-order valence-corrected chi connectivity index (χ4v) is 1.90. The molecule has 1 aromatic rings. The van der Waals surface area contributed by atoms with Crippen molar-refractivity contribution in [3.05, 3.63) is 29.1 Å². The molecule has 0 aliphatic rings. The van der Waals surface area contributed by atoms with E-state index in [0.717, 1.165) is 0 Å². The molecule has 0 amide bonds. The predicted molar refractivity (Wildman–Crippen MR) is 82.6 cm³/mol. The Morgan fingerprint density at radius 1 is 1.33 bits per heavy atom. The Hall–Kier alpha value is -1.64. The Bertz CT molecular complexity index is 530. The molecule has 4 nitrogen and oxygen atoms in total. The van der Waals surface area contributed by atoms with Crippen LogP contribution in [0.1, 0.15) is 51.8 Å². The van der Waals surface area contributed by atoms with Crippen molar-refractivity contribution in [1.29, 1.82) is 5.26 Å². The van der Waals surface area contributed by atoms with E-state index in [0.29, 0.717) is 5.69 Å². The van der Waals surface area contributed by atoms with E-state index < -0.39 is 11.9 Å². The fourth-order valence-electron chi connectivity index (χ4n) is 1.90. The second-order valence-corrected chi connectivity index (χ2v) is 6.45. The Kier molecular flexibility index (Phi) is 5.70. The van der Waals surface area contributed by atoms with E-state index in [9.17, 15) is 9.50 Å². The number of anilines is 1. The SMILES string of the molecule is CC(C)Nc1ccc(C(O)CNC(C)(C)C)c(F)c1C#N. The summed E-state index contributed by atoms with van der Waals surface area (Å²) in [6.07, 6.45) is -0.996. The van der Waals surface area contributed by atoms with E-state index in [4.69, 9.17) is 5.26 Å². The number of halogens is 1. The van der Waals surface area contributed by atoms with Crippen LogP contribution in [0.15, 0.2) is 12.1 Å². The van der Waals surface area contributed by atoms with Gasteiger partial charge in [0, 0.05) is 23.7 Å². The van der Waals surface area contributed by atoms with Gasteiger partial charge in [0.25, 0.3) is 0 Å². The fraction of sp³-hybridized carbons (Fsp3) is 0.562. The largest absolute Gasteiger partial charge is 0.387 e. The summed E-state index contributed by atoms with van der Waals surface area (Å²) in [4.78, 5) is 0. The highest BCUT2D eigenvalue weighted by molar-refractivity contribution is 5.60. The molecule has 0 heterocycles. The first kappa shape index (κ1) is 17.4. The van der Waals surface area contributed by atoms with E-state index in [1.807, 2.05) is 40.7 Å². The number of aliphatic hydroxyl groups excluding tert-OH is 1. The molecule has 0 spiro atoms. The summed E-state index contributed by atoms with van der Waals surface area (Å²) in [5.41, 5.74) is 0.354. The minimum absolute atomic E-state index is 0.0593. The van der Waals surface area contributed by atoms with Gasteiger partial charge < -0.3 is 15.7 Å². The van der Waals surface area contributed by atoms with Gasteiger partial charge in [-0.05, 0) is 40.7 Å². The third-order valence-electron chi connectivity index (χ3n) is 2.91. The lowest BCUT2D eigenvalue weighted by Gasteiger charge is -2.23. The predicted octanol–water partition coefficient (Wildman–Crippen LogP) is 2.94. The van der Waals surface area contributed by atoms with Crippen LogP contribution in [0.5, 0.6) is 0 Å². The van der Waals surface area contributed by atoms with Crippen molar-refractivity contribution in [3.63, 3.8) is 0 Å². The van der Waals surface area contributed by atoms with Gasteiger partial charge in [0.15, 0.2) is 0 Å². The van der Waals surface area contributed by atoms with Gasteiger partial charge in [0.1, 0.15) is 17.4 Å². The van der Waals surface area contributed by atoms with Crippen molar-refractivity contribution in [2.45, 2.75) is 52.3 Å². The molecule has 0 aromatic heterocycles. The van der Waals surface area contributed by atoms with Crippen molar-refractivity contribution in [3.8, 4) is 6.07 Å². The van der Waals surface area contributed by atoms with E-state index >= 15 is 0 Å². The molecule has 0 radical (unpaired) electrons. The molecule has 3 N–H and O–H groups in total. The average Bonchev–Trinajstić information content (AvgIpc) is 2.35. The second kappa shape index (κ2) is 6.88. The number of nitrogens with zero attached hydrogens (tertiary/aromatic N) is 1. The Morgan fingerprint density at radius 2 is 1.95 bits per heavy atom. The molecule has 21 heavy (non-hydrogen) atoms. The third-order valence-corrected chi connectivity index (χ3v) is 2.91. The van der Waals surface area contributed by atoms with Crippen LogP contribution in [0.25, 0.3) is 0 Å². The first-order valence-corrected chi connectivity index (χ1v) is 7.08. The first-order chi connectivity index (χ1) is 9.65. The minimum Gasteiger partial charge on any atom is -0.387 e. The molecular weight excluding hydrogens is 269 g/mol. The van der Waals surface area contributed by atoms with Crippen molar-refractivity contribution in [2.24, 2.45) is 0 Å². The number of benzene rings is 1. The summed E-state index contributed by atoms with van der Waals surface area (Å²) in [6, 6.07) is 5.12. The third kappa shape index (κ3) is 5.00. The van der Waals surface area contributed by atoms with Crippen LogP contribution in [0.4, 0.5) is 10.1 Å². The summed E-state index contributed by atoms with van der Waals surface area (Å²) in [7, 11) is 0. The average molecular weight is 293 g/mol. The minimum atomic E-state index is -0.996. The number of β-amino-alcohol motifs (C(OH)–C–C–N with tert-alkyl or cyclic N) is 1. The summed E-state index contributed by atoms with van der Waals surface area (Å²) < 4.78 is 14.4. The topological polar surface area (TPSA) is 68.1 Å². The van der Waals surface area contributed by atoms with E-state index in [1.54, 1.807) is 6.07 Å². The number of nitriles is 1. The van der Waals surface area contributed by atoms with Crippen LogP contribution in [-0.4, -0.2) is 23.2 Å².